The zero-order chi connectivity index (χ0) is 15.4. The second-order valence-electron chi connectivity index (χ2n) is 4.64. The second-order valence-corrected chi connectivity index (χ2v) is 5.03. The normalized spacial score (nSPS) is 10.5. The van der Waals surface area contributed by atoms with Crippen molar-refractivity contribution in [1.82, 2.24) is 15.2 Å². The van der Waals surface area contributed by atoms with Crippen molar-refractivity contribution in [3.8, 4) is 5.88 Å². The smallest absolute Gasteiger partial charge is 0.215 e. The number of rotatable bonds is 5. The summed E-state index contributed by atoms with van der Waals surface area (Å²) >= 11 is 5.82. The number of anilines is 2. The molecule has 0 atom stereocenters. The van der Waals surface area contributed by atoms with E-state index in [9.17, 15) is 4.79 Å². The van der Waals surface area contributed by atoms with E-state index < -0.39 is 0 Å². The summed E-state index contributed by atoms with van der Waals surface area (Å²) in [6, 6.07) is 6.85. The van der Waals surface area contributed by atoms with Gasteiger partial charge in [0.15, 0.2) is 16.6 Å². The van der Waals surface area contributed by atoms with E-state index in [0.29, 0.717) is 17.4 Å². The summed E-state index contributed by atoms with van der Waals surface area (Å²) in [6.07, 6.45) is 0.0255. The molecule has 2 rings (SSSR count). The number of carbonyl (C=O) groups excluding carboxylic acids is 1. The monoisotopic (exact) mass is 306 g/mol. The minimum absolute atomic E-state index is 0.0255. The van der Waals surface area contributed by atoms with Crippen molar-refractivity contribution >= 4 is 28.9 Å². The Labute approximate surface area is 127 Å². The highest BCUT2D eigenvalue weighted by Crippen LogP contribution is 2.22. The number of pyridine rings is 1. The molecule has 0 bridgehead atoms. The maximum Gasteiger partial charge on any atom is 0.215 e. The van der Waals surface area contributed by atoms with Gasteiger partial charge in [0.25, 0.3) is 0 Å². The van der Waals surface area contributed by atoms with Gasteiger partial charge in [-0.25, -0.2) is 0 Å². The number of nitrogens with one attached hydrogen (secondary N) is 1. The standard InChI is InChI=1S/C14H15ClN4O2/c1-8(2)21-13-6-4-5-12(17-13)16-10-7-11(15)18-19-14(10)9(3)20/h4-8H,1-3H3,(H,16,17,18). The lowest BCUT2D eigenvalue weighted by molar-refractivity contribution is 0.101. The molecule has 0 aromatic carbocycles. The molecular formula is C14H15ClN4O2. The number of hydrogen-bond donors (Lipinski definition) is 1. The number of Topliss-reactive ketones (excluding diaryl/α,β-unsaturated/α-hetero) is 1. The molecule has 1 N–H and O–H groups in total. The average molecular weight is 307 g/mol. The molecule has 0 aliphatic heterocycles. The first-order chi connectivity index (χ1) is 9.95. The van der Waals surface area contributed by atoms with Crippen LogP contribution in [0.1, 0.15) is 31.3 Å². The predicted molar refractivity (Wildman–Crippen MR) is 80.3 cm³/mol. The van der Waals surface area contributed by atoms with E-state index >= 15 is 0 Å². The van der Waals surface area contributed by atoms with Gasteiger partial charge in [0, 0.05) is 19.1 Å². The van der Waals surface area contributed by atoms with Gasteiger partial charge in [0.2, 0.25) is 5.88 Å². The Morgan fingerprint density at radius 1 is 1.33 bits per heavy atom. The fraction of sp³-hybridized carbons (Fsp3) is 0.286. The van der Waals surface area contributed by atoms with Crippen molar-refractivity contribution in [3.05, 3.63) is 35.1 Å². The van der Waals surface area contributed by atoms with E-state index in [4.69, 9.17) is 16.3 Å². The Balaban J connectivity index is 2.29. The summed E-state index contributed by atoms with van der Waals surface area (Å²) in [4.78, 5) is 15.9. The molecule has 2 aromatic rings. The van der Waals surface area contributed by atoms with Crippen molar-refractivity contribution < 1.29 is 9.53 Å². The minimum Gasteiger partial charge on any atom is -0.475 e. The van der Waals surface area contributed by atoms with Crippen LogP contribution in [0.15, 0.2) is 24.3 Å². The van der Waals surface area contributed by atoms with E-state index in [1.807, 2.05) is 13.8 Å². The molecule has 0 radical (unpaired) electrons. The van der Waals surface area contributed by atoms with Crippen LogP contribution in [-0.2, 0) is 0 Å². The van der Waals surface area contributed by atoms with E-state index in [2.05, 4.69) is 20.5 Å². The third-order valence-corrected chi connectivity index (χ3v) is 2.63. The third-order valence-electron chi connectivity index (χ3n) is 2.44. The van der Waals surface area contributed by atoms with E-state index in [-0.39, 0.29) is 22.7 Å². The van der Waals surface area contributed by atoms with Crippen LogP contribution in [0.2, 0.25) is 5.15 Å². The summed E-state index contributed by atoms with van der Waals surface area (Å²) in [5.74, 6) is 0.809. The summed E-state index contributed by atoms with van der Waals surface area (Å²) in [7, 11) is 0. The first kappa shape index (κ1) is 15.2. The largest absolute Gasteiger partial charge is 0.475 e. The Morgan fingerprint density at radius 2 is 2.10 bits per heavy atom. The first-order valence-corrected chi connectivity index (χ1v) is 6.78. The second kappa shape index (κ2) is 6.49. The molecule has 0 saturated carbocycles. The Hall–Kier alpha value is -2.21. The van der Waals surface area contributed by atoms with Crippen molar-refractivity contribution in [2.45, 2.75) is 26.9 Å². The molecule has 0 unspecified atom stereocenters. The fourth-order valence-electron chi connectivity index (χ4n) is 1.65. The lowest BCUT2D eigenvalue weighted by Gasteiger charge is -2.12. The van der Waals surface area contributed by atoms with Crippen LogP contribution >= 0.6 is 11.6 Å². The van der Waals surface area contributed by atoms with Gasteiger partial charge in [-0.1, -0.05) is 17.7 Å². The highest BCUT2D eigenvalue weighted by atomic mass is 35.5. The summed E-state index contributed by atoms with van der Waals surface area (Å²) in [5.41, 5.74) is 0.660. The maximum atomic E-state index is 11.5. The SMILES string of the molecule is CC(=O)c1nnc(Cl)cc1Nc1cccc(OC(C)C)n1. The molecule has 21 heavy (non-hydrogen) atoms. The van der Waals surface area contributed by atoms with Gasteiger partial charge in [-0.2, -0.15) is 4.98 Å². The van der Waals surface area contributed by atoms with Gasteiger partial charge in [-0.05, 0) is 19.9 Å². The number of hydrogen-bond acceptors (Lipinski definition) is 6. The number of carbonyl (C=O) groups is 1. The predicted octanol–water partition coefficient (Wildman–Crippen LogP) is 3.26. The topological polar surface area (TPSA) is 77.0 Å². The van der Waals surface area contributed by atoms with Crippen LogP contribution in [0, 0.1) is 0 Å². The number of halogens is 1. The number of ether oxygens (including phenoxy) is 1. The van der Waals surface area contributed by atoms with Crippen LogP contribution in [0.3, 0.4) is 0 Å². The molecule has 0 aliphatic rings. The first-order valence-electron chi connectivity index (χ1n) is 6.40. The zero-order valence-electron chi connectivity index (χ0n) is 11.9. The molecule has 0 amide bonds. The molecule has 110 valence electrons. The quantitative estimate of drug-likeness (QED) is 0.854. The molecule has 6 nitrogen and oxygen atoms in total. The van der Waals surface area contributed by atoms with Crippen LogP contribution in [0.25, 0.3) is 0 Å². The maximum absolute atomic E-state index is 11.5. The van der Waals surface area contributed by atoms with Crippen LogP contribution in [0.5, 0.6) is 5.88 Å². The molecule has 0 fully saturated rings. The molecule has 0 saturated heterocycles. The summed E-state index contributed by atoms with van der Waals surface area (Å²) in [6.45, 7) is 5.25. The Morgan fingerprint density at radius 3 is 2.76 bits per heavy atom. The van der Waals surface area contributed by atoms with Crippen molar-refractivity contribution in [2.24, 2.45) is 0 Å². The lowest BCUT2D eigenvalue weighted by Crippen LogP contribution is -2.08. The average Bonchev–Trinajstić information content (AvgIpc) is 2.38. The minimum atomic E-state index is -0.212. The highest BCUT2D eigenvalue weighted by molar-refractivity contribution is 6.29. The number of ketones is 1. The van der Waals surface area contributed by atoms with E-state index in [1.165, 1.54) is 13.0 Å². The molecular weight excluding hydrogens is 292 g/mol. The van der Waals surface area contributed by atoms with Gasteiger partial charge in [0.1, 0.15) is 5.82 Å². The summed E-state index contributed by atoms with van der Waals surface area (Å²) in [5, 5.41) is 10.7. The molecule has 0 spiro atoms. The van der Waals surface area contributed by atoms with Gasteiger partial charge >= 0.3 is 0 Å². The van der Waals surface area contributed by atoms with Crippen molar-refractivity contribution in [2.75, 3.05) is 5.32 Å². The lowest BCUT2D eigenvalue weighted by atomic mass is 10.2. The van der Waals surface area contributed by atoms with Crippen molar-refractivity contribution in [3.63, 3.8) is 0 Å². The number of aromatic nitrogens is 3. The zero-order valence-corrected chi connectivity index (χ0v) is 12.7. The fourth-order valence-corrected chi connectivity index (χ4v) is 1.80. The molecule has 2 aromatic heterocycles. The van der Waals surface area contributed by atoms with Gasteiger partial charge < -0.3 is 10.1 Å². The third kappa shape index (κ3) is 4.13. The molecule has 7 heteroatoms. The van der Waals surface area contributed by atoms with Gasteiger partial charge in [0.05, 0.1) is 11.8 Å². The van der Waals surface area contributed by atoms with Gasteiger partial charge in [-0.3, -0.25) is 4.79 Å². The van der Waals surface area contributed by atoms with Gasteiger partial charge in [-0.15, -0.1) is 10.2 Å². The molecule has 2 heterocycles. The Kier molecular flexibility index (Phi) is 4.70. The highest BCUT2D eigenvalue weighted by Gasteiger charge is 2.12. The molecule has 0 aliphatic carbocycles. The van der Waals surface area contributed by atoms with Crippen LogP contribution in [-0.4, -0.2) is 27.1 Å². The summed E-state index contributed by atoms with van der Waals surface area (Å²) < 4.78 is 5.52. The van der Waals surface area contributed by atoms with Crippen LogP contribution < -0.4 is 10.1 Å². The van der Waals surface area contributed by atoms with Crippen LogP contribution in [0.4, 0.5) is 11.5 Å². The van der Waals surface area contributed by atoms with E-state index in [1.54, 1.807) is 18.2 Å². The van der Waals surface area contributed by atoms with E-state index in [0.717, 1.165) is 0 Å². The Bertz CT molecular complexity index is 661. The van der Waals surface area contributed by atoms with Crippen molar-refractivity contribution in [1.29, 1.82) is 0 Å². The number of nitrogens with zero attached hydrogens (tertiary/aromatic N) is 3.